The van der Waals surface area contributed by atoms with Gasteiger partial charge in [-0.15, -0.1) is 11.6 Å². The highest BCUT2D eigenvalue weighted by Crippen LogP contribution is 2.25. The van der Waals surface area contributed by atoms with E-state index in [0.717, 1.165) is 18.2 Å². The van der Waals surface area contributed by atoms with Crippen LogP contribution in [0.25, 0.3) is 0 Å². The molecule has 0 aromatic heterocycles. The summed E-state index contributed by atoms with van der Waals surface area (Å²) in [6.07, 6.45) is 5.17. The van der Waals surface area contributed by atoms with Gasteiger partial charge in [0.25, 0.3) is 0 Å². The molecule has 0 amide bonds. The molecule has 2 unspecified atom stereocenters. The molecular formula is C15H22ClNO. The Hall–Kier alpha value is -0.730. The minimum Gasteiger partial charge on any atom is -0.497 e. The molecule has 0 heterocycles. The molecule has 0 radical (unpaired) electrons. The molecule has 2 atom stereocenters. The fourth-order valence-corrected chi connectivity index (χ4v) is 3.06. The number of ether oxygens (including phenoxy) is 1. The van der Waals surface area contributed by atoms with Crippen LogP contribution in [0.3, 0.4) is 0 Å². The number of alkyl halides is 1. The Balaban J connectivity index is 1.89. The molecule has 100 valence electrons. The smallest absolute Gasteiger partial charge is 0.119 e. The number of methoxy groups -OCH3 is 1. The minimum atomic E-state index is 0.572. The average molecular weight is 268 g/mol. The second kappa shape index (κ2) is 7.01. The maximum Gasteiger partial charge on any atom is 0.119 e. The highest BCUT2D eigenvalue weighted by Gasteiger charge is 2.23. The molecule has 0 saturated heterocycles. The van der Waals surface area contributed by atoms with Crippen LogP contribution in [-0.2, 0) is 6.54 Å². The summed E-state index contributed by atoms with van der Waals surface area (Å²) in [6.45, 7) is 0.898. The van der Waals surface area contributed by atoms with Gasteiger partial charge in [0.05, 0.1) is 7.11 Å². The van der Waals surface area contributed by atoms with Gasteiger partial charge >= 0.3 is 0 Å². The summed E-state index contributed by atoms with van der Waals surface area (Å²) in [5.41, 5.74) is 1.27. The SMILES string of the molecule is COc1cccc(CNC2CCCCC2CCl)c1. The van der Waals surface area contributed by atoms with E-state index in [4.69, 9.17) is 16.3 Å². The van der Waals surface area contributed by atoms with Gasteiger partial charge in [-0.25, -0.2) is 0 Å². The second-order valence-electron chi connectivity index (χ2n) is 5.04. The second-order valence-corrected chi connectivity index (χ2v) is 5.35. The fourth-order valence-electron chi connectivity index (χ4n) is 2.69. The van der Waals surface area contributed by atoms with Crippen molar-refractivity contribution in [1.82, 2.24) is 5.32 Å². The van der Waals surface area contributed by atoms with E-state index in [1.54, 1.807) is 7.11 Å². The van der Waals surface area contributed by atoms with Gasteiger partial charge in [-0.1, -0.05) is 25.0 Å². The molecule has 1 aromatic rings. The fraction of sp³-hybridized carbons (Fsp3) is 0.600. The van der Waals surface area contributed by atoms with Crippen molar-refractivity contribution < 1.29 is 4.74 Å². The van der Waals surface area contributed by atoms with Crippen LogP contribution in [0.2, 0.25) is 0 Å². The van der Waals surface area contributed by atoms with E-state index in [1.165, 1.54) is 31.2 Å². The van der Waals surface area contributed by atoms with Gasteiger partial charge in [-0.05, 0) is 36.5 Å². The van der Waals surface area contributed by atoms with E-state index in [0.29, 0.717) is 12.0 Å². The van der Waals surface area contributed by atoms with Crippen molar-refractivity contribution in [2.45, 2.75) is 38.3 Å². The molecule has 1 aliphatic carbocycles. The molecule has 0 spiro atoms. The van der Waals surface area contributed by atoms with Crippen LogP contribution >= 0.6 is 11.6 Å². The lowest BCUT2D eigenvalue weighted by Crippen LogP contribution is -2.38. The number of rotatable bonds is 5. The summed E-state index contributed by atoms with van der Waals surface area (Å²) in [5, 5.41) is 3.65. The topological polar surface area (TPSA) is 21.3 Å². The first-order valence-corrected chi connectivity index (χ1v) is 7.29. The first-order chi connectivity index (χ1) is 8.83. The highest BCUT2D eigenvalue weighted by molar-refractivity contribution is 6.18. The van der Waals surface area contributed by atoms with Crippen LogP contribution in [0.15, 0.2) is 24.3 Å². The Labute approximate surface area is 115 Å². The largest absolute Gasteiger partial charge is 0.497 e. The molecular weight excluding hydrogens is 246 g/mol. The van der Waals surface area contributed by atoms with E-state index >= 15 is 0 Å². The van der Waals surface area contributed by atoms with Gasteiger partial charge < -0.3 is 10.1 Å². The van der Waals surface area contributed by atoms with Gasteiger partial charge in [0.1, 0.15) is 5.75 Å². The van der Waals surface area contributed by atoms with Gasteiger partial charge in [0.2, 0.25) is 0 Å². The molecule has 1 aromatic carbocycles. The van der Waals surface area contributed by atoms with Crippen LogP contribution in [0, 0.1) is 5.92 Å². The van der Waals surface area contributed by atoms with Crippen LogP contribution in [0.4, 0.5) is 0 Å². The predicted octanol–water partition coefficient (Wildman–Crippen LogP) is 3.58. The van der Waals surface area contributed by atoms with Gasteiger partial charge in [-0.2, -0.15) is 0 Å². The maximum absolute atomic E-state index is 6.04. The van der Waals surface area contributed by atoms with E-state index in [-0.39, 0.29) is 0 Å². The van der Waals surface area contributed by atoms with Crippen LogP contribution in [0.1, 0.15) is 31.2 Å². The number of hydrogen-bond acceptors (Lipinski definition) is 2. The van der Waals surface area contributed by atoms with Gasteiger partial charge in [0.15, 0.2) is 0 Å². The van der Waals surface area contributed by atoms with Crippen molar-refractivity contribution >= 4 is 11.6 Å². The zero-order chi connectivity index (χ0) is 12.8. The summed E-state index contributed by atoms with van der Waals surface area (Å²) >= 11 is 6.04. The van der Waals surface area contributed by atoms with Crippen molar-refractivity contribution in [2.24, 2.45) is 5.92 Å². The number of nitrogens with one attached hydrogen (secondary N) is 1. The molecule has 3 heteroatoms. The quantitative estimate of drug-likeness (QED) is 0.824. The zero-order valence-electron chi connectivity index (χ0n) is 11.0. The first-order valence-electron chi connectivity index (χ1n) is 6.75. The van der Waals surface area contributed by atoms with Crippen molar-refractivity contribution in [3.05, 3.63) is 29.8 Å². The molecule has 1 aliphatic rings. The molecule has 0 aliphatic heterocycles. The van der Waals surface area contributed by atoms with Crippen LogP contribution in [-0.4, -0.2) is 19.0 Å². The van der Waals surface area contributed by atoms with E-state index < -0.39 is 0 Å². The van der Waals surface area contributed by atoms with E-state index in [2.05, 4.69) is 17.4 Å². The van der Waals surface area contributed by atoms with Crippen molar-refractivity contribution in [1.29, 1.82) is 0 Å². The Kier molecular flexibility index (Phi) is 5.33. The molecule has 2 rings (SSSR count). The van der Waals surface area contributed by atoms with Gasteiger partial charge in [0, 0.05) is 18.5 Å². The summed E-state index contributed by atoms with van der Waals surface area (Å²) in [7, 11) is 1.71. The van der Waals surface area contributed by atoms with Gasteiger partial charge in [-0.3, -0.25) is 0 Å². The van der Waals surface area contributed by atoms with Crippen LogP contribution < -0.4 is 10.1 Å². The molecule has 0 bridgehead atoms. The molecule has 18 heavy (non-hydrogen) atoms. The molecule has 1 saturated carbocycles. The third kappa shape index (κ3) is 3.63. The van der Waals surface area contributed by atoms with Crippen LogP contribution in [0.5, 0.6) is 5.75 Å². The minimum absolute atomic E-state index is 0.572. The average Bonchev–Trinajstić information content (AvgIpc) is 2.45. The Morgan fingerprint density at radius 3 is 2.94 bits per heavy atom. The third-order valence-electron chi connectivity index (χ3n) is 3.81. The summed E-state index contributed by atoms with van der Waals surface area (Å²) in [6, 6.07) is 8.81. The third-order valence-corrected chi connectivity index (χ3v) is 4.21. The van der Waals surface area contributed by atoms with E-state index in [9.17, 15) is 0 Å². The number of halogens is 1. The highest BCUT2D eigenvalue weighted by atomic mass is 35.5. The predicted molar refractivity (Wildman–Crippen MR) is 76.3 cm³/mol. The zero-order valence-corrected chi connectivity index (χ0v) is 11.7. The number of hydrogen-bond donors (Lipinski definition) is 1. The maximum atomic E-state index is 6.04. The molecule has 2 nitrogen and oxygen atoms in total. The van der Waals surface area contributed by atoms with E-state index in [1.807, 2.05) is 12.1 Å². The van der Waals surface area contributed by atoms with Crippen molar-refractivity contribution in [3.63, 3.8) is 0 Å². The lowest BCUT2D eigenvalue weighted by molar-refractivity contribution is 0.282. The Morgan fingerprint density at radius 2 is 2.17 bits per heavy atom. The summed E-state index contributed by atoms with van der Waals surface area (Å²) in [4.78, 5) is 0. The van der Waals surface area contributed by atoms with Crippen molar-refractivity contribution in [3.8, 4) is 5.75 Å². The molecule has 1 fully saturated rings. The summed E-state index contributed by atoms with van der Waals surface area (Å²) < 4.78 is 5.24. The summed E-state index contributed by atoms with van der Waals surface area (Å²) in [5.74, 6) is 2.33. The normalized spacial score (nSPS) is 23.9. The first kappa shape index (κ1) is 13.7. The number of benzene rings is 1. The standard InChI is InChI=1S/C15H22ClNO/c1-18-14-7-4-5-12(9-14)11-17-15-8-3-2-6-13(15)10-16/h4-5,7,9,13,15,17H,2-3,6,8,10-11H2,1H3. The Bertz CT molecular complexity index is 369. The lowest BCUT2D eigenvalue weighted by atomic mass is 9.85. The van der Waals surface area contributed by atoms with Crippen molar-refractivity contribution in [2.75, 3.05) is 13.0 Å². The Morgan fingerprint density at radius 1 is 1.33 bits per heavy atom. The monoisotopic (exact) mass is 267 g/mol. The molecule has 1 N–H and O–H groups in total. The lowest BCUT2D eigenvalue weighted by Gasteiger charge is -2.31.